The molecule has 32 heavy (non-hydrogen) atoms. The number of carbonyl (C=O) groups excluding carboxylic acids is 2. The molecule has 5 atom stereocenters. The molecule has 0 saturated heterocycles. The van der Waals surface area contributed by atoms with Gasteiger partial charge in [-0.2, -0.15) is 0 Å². The maximum Gasteiger partial charge on any atom is 0.220 e. The molecule has 176 valence electrons. The largest absolute Gasteiger partial charge is 0.508 e. The Morgan fingerprint density at radius 2 is 1.84 bits per heavy atom. The predicted octanol–water partition coefficient (Wildman–Crippen LogP) is 3.90. The van der Waals surface area contributed by atoms with Gasteiger partial charge in [-0.1, -0.05) is 31.6 Å². The number of hydrogen-bond donors (Lipinski definition) is 3. The van der Waals surface area contributed by atoms with Crippen molar-refractivity contribution >= 4 is 11.6 Å². The van der Waals surface area contributed by atoms with Gasteiger partial charge >= 0.3 is 0 Å². The summed E-state index contributed by atoms with van der Waals surface area (Å²) in [6.45, 7) is 12.1. The van der Waals surface area contributed by atoms with Crippen LogP contribution in [0.4, 0.5) is 0 Å². The number of ether oxygens (including phenoxy) is 1. The number of aromatic hydroxyl groups is 1. The summed E-state index contributed by atoms with van der Waals surface area (Å²) in [4.78, 5) is 24.8. The molecule has 2 rings (SSSR count). The van der Waals surface area contributed by atoms with Crippen LogP contribution in [-0.2, 0) is 22.4 Å². The number of phenolic OH excluding ortho intramolecular Hbond substituents is 1. The zero-order chi connectivity index (χ0) is 24.4. The summed E-state index contributed by atoms with van der Waals surface area (Å²) >= 11 is 0. The monoisotopic (exact) mass is 444 g/mol. The Bertz CT molecular complexity index is 942. The topological polar surface area (TPSA) is 104 Å². The normalized spacial score (nSPS) is 24.2. The number of fused-ring (bicyclic) bond motifs is 1. The third-order valence-corrected chi connectivity index (χ3v) is 6.35. The van der Waals surface area contributed by atoms with Gasteiger partial charge in [-0.15, -0.1) is 0 Å². The fraction of sp³-hybridized carbons (Fsp3) is 0.538. The molecule has 0 amide bonds. The van der Waals surface area contributed by atoms with Gasteiger partial charge in [-0.3, -0.25) is 9.59 Å². The summed E-state index contributed by atoms with van der Waals surface area (Å²) in [6, 6.07) is 2.96. The van der Waals surface area contributed by atoms with Crippen LogP contribution in [0.15, 0.2) is 35.4 Å². The van der Waals surface area contributed by atoms with Gasteiger partial charge in [0.15, 0.2) is 5.78 Å². The smallest absolute Gasteiger partial charge is 0.220 e. The average molecular weight is 445 g/mol. The SMILES string of the molecule is CC(=O)Cc1cc(O)cc2c1CC(C)C(O)(C(C)C(=O)/C(C)=C/C(C)=C/C(C)C(C)O)O2. The molecule has 5 unspecified atom stereocenters. The van der Waals surface area contributed by atoms with E-state index in [9.17, 15) is 24.9 Å². The minimum atomic E-state index is -1.76. The summed E-state index contributed by atoms with van der Waals surface area (Å²) < 4.78 is 5.96. The van der Waals surface area contributed by atoms with E-state index in [1.165, 1.54) is 13.0 Å². The number of allylic oxidation sites excluding steroid dienone is 3. The second kappa shape index (κ2) is 10.0. The van der Waals surface area contributed by atoms with Crippen molar-refractivity contribution in [1.29, 1.82) is 0 Å². The van der Waals surface area contributed by atoms with Crippen molar-refractivity contribution in [2.24, 2.45) is 17.8 Å². The van der Waals surface area contributed by atoms with Crippen LogP contribution in [0.25, 0.3) is 0 Å². The standard InChI is InChI=1S/C26H36O6/c1-14(8-15(2)20(7)28)9-16(3)25(30)19(6)26(31)17(4)10-23-21(11-18(5)27)12-22(29)13-24(23)32-26/h8-9,12-13,15,17,19-20,28-29,31H,10-11H2,1-7H3/b14-8+,16-9+. The van der Waals surface area contributed by atoms with E-state index in [0.29, 0.717) is 23.3 Å². The van der Waals surface area contributed by atoms with Gasteiger partial charge in [0, 0.05) is 24.3 Å². The van der Waals surface area contributed by atoms with Crippen molar-refractivity contribution in [2.45, 2.75) is 73.2 Å². The Hall–Kier alpha value is -2.44. The summed E-state index contributed by atoms with van der Waals surface area (Å²) in [5.74, 6) is -3.12. The van der Waals surface area contributed by atoms with Crippen LogP contribution in [0.1, 0.15) is 59.6 Å². The van der Waals surface area contributed by atoms with E-state index in [1.54, 1.807) is 32.9 Å². The lowest BCUT2D eigenvalue weighted by Gasteiger charge is -2.43. The number of carbonyl (C=O) groups is 2. The van der Waals surface area contributed by atoms with E-state index < -0.39 is 23.7 Å². The van der Waals surface area contributed by atoms with Crippen LogP contribution in [0.5, 0.6) is 11.5 Å². The molecule has 1 aliphatic heterocycles. The number of Topliss-reactive ketones (excluding diaryl/α,β-unsaturated/α-hetero) is 2. The molecule has 0 spiro atoms. The molecule has 0 radical (unpaired) electrons. The molecule has 6 nitrogen and oxygen atoms in total. The maximum atomic E-state index is 13.2. The predicted molar refractivity (Wildman–Crippen MR) is 123 cm³/mol. The molecular weight excluding hydrogens is 408 g/mol. The van der Waals surface area contributed by atoms with Gasteiger partial charge in [-0.05, 0) is 63.8 Å². The quantitative estimate of drug-likeness (QED) is 0.415. The van der Waals surface area contributed by atoms with Crippen LogP contribution in [0, 0.1) is 17.8 Å². The van der Waals surface area contributed by atoms with Gasteiger partial charge in [0.05, 0.1) is 12.0 Å². The van der Waals surface area contributed by atoms with E-state index in [-0.39, 0.29) is 29.7 Å². The molecule has 0 saturated carbocycles. The van der Waals surface area contributed by atoms with Gasteiger partial charge in [0.1, 0.15) is 17.3 Å². The Kier molecular flexibility index (Phi) is 8.07. The molecule has 0 fully saturated rings. The average Bonchev–Trinajstić information content (AvgIpc) is 2.67. The number of aliphatic hydroxyl groups excluding tert-OH is 1. The third kappa shape index (κ3) is 5.67. The van der Waals surface area contributed by atoms with E-state index in [2.05, 4.69) is 0 Å². The Balaban J connectivity index is 2.33. The van der Waals surface area contributed by atoms with Crippen LogP contribution < -0.4 is 4.74 Å². The third-order valence-electron chi connectivity index (χ3n) is 6.35. The summed E-state index contributed by atoms with van der Waals surface area (Å²) in [7, 11) is 0. The first-order valence-corrected chi connectivity index (χ1v) is 11.1. The van der Waals surface area contributed by atoms with Crippen molar-refractivity contribution in [3.8, 4) is 11.5 Å². The van der Waals surface area contributed by atoms with E-state index in [4.69, 9.17) is 4.74 Å². The lowest BCUT2D eigenvalue weighted by molar-refractivity contribution is -0.213. The zero-order valence-corrected chi connectivity index (χ0v) is 20.1. The lowest BCUT2D eigenvalue weighted by atomic mass is 9.78. The highest BCUT2D eigenvalue weighted by atomic mass is 16.6. The molecule has 0 bridgehead atoms. The van der Waals surface area contributed by atoms with Crippen LogP contribution in [0.2, 0.25) is 0 Å². The summed E-state index contributed by atoms with van der Waals surface area (Å²) in [6.07, 6.45) is 3.74. The summed E-state index contributed by atoms with van der Waals surface area (Å²) in [5.41, 5.74) is 2.77. The Morgan fingerprint density at radius 1 is 1.22 bits per heavy atom. The second-order valence-corrected chi connectivity index (χ2v) is 9.34. The van der Waals surface area contributed by atoms with Crippen molar-refractivity contribution < 1.29 is 29.6 Å². The van der Waals surface area contributed by atoms with Gasteiger partial charge in [-0.25, -0.2) is 0 Å². The highest BCUT2D eigenvalue weighted by Gasteiger charge is 2.48. The zero-order valence-electron chi connectivity index (χ0n) is 20.1. The minimum Gasteiger partial charge on any atom is -0.508 e. The van der Waals surface area contributed by atoms with E-state index in [1.807, 2.05) is 26.8 Å². The fourth-order valence-electron chi connectivity index (χ4n) is 4.22. The lowest BCUT2D eigenvalue weighted by Crippen LogP contribution is -2.54. The fourth-order valence-corrected chi connectivity index (χ4v) is 4.22. The van der Waals surface area contributed by atoms with Crippen LogP contribution >= 0.6 is 0 Å². The number of benzene rings is 1. The number of aliphatic hydroxyl groups is 2. The first kappa shape index (κ1) is 25.8. The van der Waals surface area contributed by atoms with Crippen molar-refractivity contribution in [2.75, 3.05) is 0 Å². The second-order valence-electron chi connectivity index (χ2n) is 9.34. The van der Waals surface area contributed by atoms with Crippen LogP contribution in [0.3, 0.4) is 0 Å². The Morgan fingerprint density at radius 3 is 2.41 bits per heavy atom. The molecule has 3 N–H and O–H groups in total. The molecule has 1 aliphatic rings. The number of hydrogen-bond acceptors (Lipinski definition) is 6. The number of rotatable bonds is 8. The highest BCUT2D eigenvalue weighted by molar-refractivity contribution is 5.97. The molecule has 1 aromatic carbocycles. The van der Waals surface area contributed by atoms with Gasteiger partial charge in [0.2, 0.25) is 5.79 Å². The number of phenols is 1. The molecule has 0 aromatic heterocycles. The number of ketones is 2. The molecule has 0 aliphatic carbocycles. The Labute approximate surface area is 190 Å². The first-order valence-electron chi connectivity index (χ1n) is 11.1. The summed E-state index contributed by atoms with van der Waals surface area (Å²) in [5, 5.41) is 31.2. The van der Waals surface area contributed by atoms with E-state index in [0.717, 1.165) is 11.1 Å². The molecule has 6 heteroatoms. The van der Waals surface area contributed by atoms with Crippen molar-refractivity contribution in [3.63, 3.8) is 0 Å². The van der Waals surface area contributed by atoms with E-state index >= 15 is 0 Å². The minimum absolute atomic E-state index is 0.0380. The van der Waals surface area contributed by atoms with Crippen LogP contribution in [-0.4, -0.2) is 38.8 Å². The maximum absolute atomic E-state index is 13.2. The van der Waals surface area contributed by atoms with Gasteiger partial charge in [0.25, 0.3) is 0 Å². The molecule has 1 aromatic rings. The molecular formula is C26H36O6. The first-order chi connectivity index (χ1) is 14.8. The van der Waals surface area contributed by atoms with Crippen molar-refractivity contribution in [3.05, 3.63) is 46.6 Å². The molecule has 1 heterocycles. The van der Waals surface area contributed by atoms with Gasteiger partial charge < -0.3 is 20.1 Å². The highest BCUT2D eigenvalue weighted by Crippen LogP contribution is 2.43. The van der Waals surface area contributed by atoms with Crippen molar-refractivity contribution in [1.82, 2.24) is 0 Å².